The van der Waals surface area contributed by atoms with Crippen molar-refractivity contribution in [3.63, 3.8) is 0 Å². The molecule has 14 heavy (non-hydrogen) atoms. The fourth-order valence-corrected chi connectivity index (χ4v) is 2.33. The Morgan fingerprint density at radius 1 is 1.50 bits per heavy atom. The fraction of sp³-hybridized carbons (Fsp3) is 0.400. The zero-order valence-corrected chi connectivity index (χ0v) is 9.10. The van der Waals surface area contributed by atoms with Crippen LogP contribution in [-0.4, -0.2) is 9.55 Å². The maximum Gasteiger partial charge on any atom is 0.262 e. The molecule has 0 fully saturated rings. The van der Waals surface area contributed by atoms with E-state index >= 15 is 0 Å². The van der Waals surface area contributed by atoms with E-state index in [2.05, 4.69) is 11.9 Å². The van der Waals surface area contributed by atoms with Crippen LogP contribution in [0.2, 0.25) is 0 Å². The van der Waals surface area contributed by atoms with Gasteiger partial charge >= 0.3 is 0 Å². The van der Waals surface area contributed by atoms with Crippen LogP contribution in [0.15, 0.2) is 17.2 Å². The van der Waals surface area contributed by atoms with Crippen LogP contribution in [-0.2, 0) is 13.0 Å². The molecule has 0 saturated carbocycles. The Labute approximate surface area is 86.0 Å². The summed E-state index contributed by atoms with van der Waals surface area (Å²) >= 11 is 1.61. The van der Waals surface area contributed by atoms with Gasteiger partial charge in [-0.05, 0) is 19.4 Å². The molecule has 0 aliphatic carbocycles. The number of nitrogens with zero attached hydrogens (tertiary/aromatic N) is 2. The quantitative estimate of drug-likeness (QED) is 0.757. The van der Waals surface area contributed by atoms with E-state index in [4.69, 9.17) is 0 Å². The molecular formula is C10H12N2OS. The Hall–Kier alpha value is -1.16. The number of fused-ring (bicyclic) bond motifs is 1. The second-order valence-electron chi connectivity index (χ2n) is 3.12. The van der Waals surface area contributed by atoms with Gasteiger partial charge in [-0.3, -0.25) is 9.36 Å². The van der Waals surface area contributed by atoms with Gasteiger partial charge in [0.15, 0.2) is 0 Å². The molecule has 0 unspecified atom stereocenters. The monoisotopic (exact) mass is 208 g/mol. The van der Waals surface area contributed by atoms with Crippen molar-refractivity contribution in [2.24, 2.45) is 0 Å². The summed E-state index contributed by atoms with van der Waals surface area (Å²) in [6.45, 7) is 4.71. The summed E-state index contributed by atoms with van der Waals surface area (Å²) in [4.78, 5) is 18.2. The van der Waals surface area contributed by atoms with Crippen LogP contribution in [0.5, 0.6) is 0 Å². The summed E-state index contributed by atoms with van der Waals surface area (Å²) < 4.78 is 1.63. The summed E-state index contributed by atoms with van der Waals surface area (Å²) in [6.07, 6.45) is 2.59. The molecule has 2 rings (SSSR count). The highest BCUT2D eigenvalue weighted by Gasteiger charge is 2.06. The predicted octanol–water partition coefficient (Wildman–Crippen LogP) is 2.04. The van der Waals surface area contributed by atoms with Crippen molar-refractivity contribution in [2.45, 2.75) is 26.8 Å². The average Bonchev–Trinajstić information content (AvgIpc) is 2.62. The lowest BCUT2D eigenvalue weighted by Gasteiger charge is -1.98. The predicted molar refractivity (Wildman–Crippen MR) is 58.9 cm³/mol. The summed E-state index contributed by atoms with van der Waals surface area (Å²) in [7, 11) is 0. The molecule has 0 saturated heterocycles. The Kier molecular flexibility index (Phi) is 2.37. The van der Waals surface area contributed by atoms with Crippen LogP contribution in [0.1, 0.15) is 18.7 Å². The molecule has 2 aromatic heterocycles. The van der Waals surface area contributed by atoms with Gasteiger partial charge < -0.3 is 0 Å². The van der Waals surface area contributed by atoms with E-state index < -0.39 is 0 Å². The van der Waals surface area contributed by atoms with Gasteiger partial charge in [0.1, 0.15) is 4.83 Å². The molecule has 4 heteroatoms. The normalized spacial score (nSPS) is 11.0. The van der Waals surface area contributed by atoms with Gasteiger partial charge in [-0.25, -0.2) is 4.98 Å². The number of rotatable bonds is 2. The molecule has 74 valence electrons. The second kappa shape index (κ2) is 3.53. The number of thiophene rings is 1. The van der Waals surface area contributed by atoms with Crippen LogP contribution < -0.4 is 5.56 Å². The Bertz CT molecular complexity index is 512. The summed E-state index contributed by atoms with van der Waals surface area (Å²) in [5, 5.41) is 0.760. The van der Waals surface area contributed by atoms with E-state index in [-0.39, 0.29) is 5.56 Å². The third-order valence-corrected chi connectivity index (χ3v) is 3.45. The number of aryl methyl sites for hydroxylation is 2. The molecule has 0 spiro atoms. The first-order valence-corrected chi connectivity index (χ1v) is 5.55. The van der Waals surface area contributed by atoms with Gasteiger partial charge in [0.25, 0.3) is 5.56 Å². The molecule has 2 aromatic rings. The Morgan fingerprint density at radius 2 is 2.29 bits per heavy atom. The third kappa shape index (κ3) is 1.35. The van der Waals surface area contributed by atoms with Crippen LogP contribution in [0.4, 0.5) is 0 Å². The van der Waals surface area contributed by atoms with E-state index in [9.17, 15) is 4.79 Å². The maximum absolute atomic E-state index is 11.8. The minimum Gasteiger partial charge on any atom is -0.299 e. The molecule has 3 nitrogen and oxygen atoms in total. The summed E-state index contributed by atoms with van der Waals surface area (Å²) in [6, 6.07) is 1.96. The molecule has 0 bridgehead atoms. The lowest BCUT2D eigenvalue weighted by atomic mass is 10.3. The molecule has 0 atom stereocenters. The second-order valence-corrected chi connectivity index (χ2v) is 4.24. The maximum atomic E-state index is 11.8. The largest absolute Gasteiger partial charge is 0.299 e. The van der Waals surface area contributed by atoms with E-state index in [0.717, 1.165) is 16.6 Å². The number of hydrogen-bond acceptors (Lipinski definition) is 3. The fourth-order valence-electron chi connectivity index (χ4n) is 1.41. The first-order valence-electron chi connectivity index (χ1n) is 4.74. The van der Waals surface area contributed by atoms with Crippen LogP contribution in [0, 0.1) is 0 Å². The highest BCUT2D eigenvalue weighted by molar-refractivity contribution is 7.18. The summed E-state index contributed by atoms with van der Waals surface area (Å²) in [5.74, 6) is 0. The Balaban J connectivity index is 2.75. The summed E-state index contributed by atoms with van der Waals surface area (Å²) in [5.41, 5.74) is 0.0773. The minimum absolute atomic E-state index is 0.0773. The highest BCUT2D eigenvalue weighted by Crippen LogP contribution is 2.20. The van der Waals surface area contributed by atoms with Crippen molar-refractivity contribution in [3.05, 3.63) is 27.6 Å². The van der Waals surface area contributed by atoms with Crippen molar-refractivity contribution in [1.29, 1.82) is 0 Å². The average molecular weight is 208 g/mol. The van der Waals surface area contributed by atoms with Crippen LogP contribution in [0.3, 0.4) is 0 Å². The van der Waals surface area contributed by atoms with E-state index in [1.807, 2.05) is 13.0 Å². The van der Waals surface area contributed by atoms with Crippen molar-refractivity contribution < 1.29 is 0 Å². The van der Waals surface area contributed by atoms with Crippen molar-refractivity contribution in [3.8, 4) is 0 Å². The van der Waals surface area contributed by atoms with Gasteiger partial charge in [0.2, 0.25) is 0 Å². The third-order valence-electron chi connectivity index (χ3n) is 2.26. The first kappa shape index (κ1) is 9.40. The zero-order valence-electron chi connectivity index (χ0n) is 8.28. The topological polar surface area (TPSA) is 34.9 Å². The smallest absolute Gasteiger partial charge is 0.262 e. The molecular weight excluding hydrogens is 196 g/mol. The van der Waals surface area contributed by atoms with Crippen LogP contribution in [0.25, 0.3) is 10.2 Å². The van der Waals surface area contributed by atoms with Crippen molar-refractivity contribution in [1.82, 2.24) is 9.55 Å². The molecule has 2 heterocycles. The molecule has 0 radical (unpaired) electrons. The Morgan fingerprint density at radius 3 is 2.93 bits per heavy atom. The molecule has 0 amide bonds. The molecule has 0 aliphatic heterocycles. The van der Waals surface area contributed by atoms with Gasteiger partial charge in [-0.15, -0.1) is 11.3 Å². The van der Waals surface area contributed by atoms with E-state index in [1.54, 1.807) is 22.2 Å². The highest BCUT2D eigenvalue weighted by atomic mass is 32.1. The van der Waals surface area contributed by atoms with Crippen molar-refractivity contribution in [2.75, 3.05) is 0 Å². The van der Waals surface area contributed by atoms with Gasteiger partial charge in [-0.2, -0.15) is 0 Å². The van der Waals surface area contributed by atoms with Gasteiger partial charge in [0, 0.05) is 11.4 Å². The van der Waals surface area contributed by atoms with Crippen LogP contribution >= 0.6 is 11.3 Å². The molecule has 0 N–H and O–H groups in total. The number of aromatic nitrogens is 2. The van der Waals surface area contributed by atoms with Gasteiger partial charge in [0.05, 0.1) is 11.7 Å². The van der Waals surface area contributed by atoms with E-state index in [0.29, 0.717) is 6.54 Å². The lowest BCUT2D eigenvalue weighted by Crippen LogP contribution is -2.18. The molecule has 0 aliphatic rings. The SMILES string of the molecule is CCc1cc2c(=O)n(CC)cnc2s1. The zero-order chi connectivity index (χ0) is 10.1. The first-order chi connectivity index (χ1) is 6.76. The van der Waals surface area contributed by atoms with E-state index in [1.165, 1.54) is 4.88 Å². The minimum atomic E-state index is 0.0773. The van der Waals surface area contributed by atoms with Crippen molar-refractivity contribution >= 4 is 21.6 Å². The van der Waals surface area contributed by atoms with Gasteiger partial charge in [-0.1, -0.05) is 6.92 Å². The lowest BCUT2D eigenvalue weighted by molar-refractivity contribution is 0.718. The number of hydrogen-bond donors (Lipinski definition) is 0. The standard InChI is InChI=1S/C10H12N2OS/c1-3-7-5-8-9(14-7)11-6-12(4-2)10(8)13/h5-6H,3-4H2,1-2H3. The molecule has 0 aromatic carbocycles.